The summed E-state index contributed by atoms with van der Waals surface area (Å²) in [6, 6.07) is 6.08. The van der Waals surface area contributed by atoms with Gasteiger partial charge in [0.1, 0.15) is 6.61 Å². The van der Waals surface area contributed by atoms with E-state index in [9.17, 15) is 13.2 Å². The Morgan fingerprint density at radius 1 is 1.29 bits per heavy atom. The van der Waals surface area contributed by atoms with E-state index >= 15 is 0 Å². The topological polar surface area (TPSA) is 84.5 Å². The fraction of sp³-hybridized carbons (Fsp3) is 0.500. The zero-order chi connectivity index (χ0) is 15.3. The number of hydrogen-bond donors (Lipinski definition) is 2. The average molecular weight is 312 g/mol. The number of benzene rings is 1. The zero-order valence-electron chi connectivity index (χ0n) is 12.0. The highest BCUT2D eigenvalue weighted by molar-refractivity contribution is 7.90. The van der Waals surface area contributed by atoms with Gasteiger partial charge < -0.3 is 15.4 Å². The van der Waals surface area contributed by atoms with Crippen LogP contribution in [-0.4, -0.2) is 46.4 Å². The standard InChI is InChI=1S/C14H20N2O4S/c1-21(18,19)13-4-2-11(3-5-13)16-14(17)10-20-12-6-8-15-9-7-12/h2-5,12,15H,6-10H2,1H3,(H,16,17). The van der Waals surface area contributed by atoms with Crippen LogP contribution in [0.25, 0.3) is 0 Å². The summed E-state index contributed by atoms with van der Waals surface area (Å²) in [5.74, 6) is -0.236. The first-order valence-corrected chi connectivity index (χ1v) is 8.76. The van der Waals surface area contributed by atoms with Crippen molar-refractivity contribution in [1.82, 2.24) is 5.32 Å². The van der Waals surface area contributed by atoms with Crippen LogP contribution in [0.5, 0.6) is 0 Å². The van der Waals surface area contributed by atoms with Crippen molar-refractivity contribution in [3.8, 4) is 0 Å². The van der Waals surface area contributed by atoms with Gasteiger partial charge in [-0.15, -0.1) is 0 Å². The SMILES string of the molecule is CS(=O)(=O)c1ccc(NC(=O)COC2CCNCC2)cc1. The lowest BCUT2D eigenvalue weighted by molar-refractivity contribution is -0.123. The summed E-state index contributed by atoms with van der Waals surface area (Å²) in [4.78, 5) is 12.0. The summed E-state index contributed by atoms with van der Waals surface area (Å²) < 4.78 is 28.2. The van der Waals surface area contributed by atoms with E-state index in [0.717, 1.165) is 32.2 Å². The number of ether oxygens (including phenoxy) is 1. The highest BCUT2D eigenvalue weighted by atomic mass is 32.2. The summed E-state index contributed by atoms with van der Waals surface area (Å²) in [5.41, 5.74) is 0.557. The van der Waals surface area contributed by atoms with Gasteiger partial charge in [0.05, 0.1) is 11.0 Å². The lowest BCUT2D eigenvalue weighted by Gasteiger charge is -2.22. The molecule has 21 heavy (non-hydrogen) atoms. The molecule has 1 amide bonds. The first-order valence-electron chi connectivity index (χ1n) is 6.87. The predicted octanol–water partition coefficient (Wildman–Crippen LogP) is 0.797. The molecule has 0 radical (unpaired) electrons. The first-order chi connectivity index (χ1) is 9.95. The Kier molecular flexibility index (Phi) is 5.33. The van der Waals surface area contributed by atoms with Gasteiger partial charge in [-0.3, -0.25) is 4.79 Å². The minimum Gasteiger partial charge on any atom is -0.368 e. The molecule has 0 aromatic heterocycles. The number of hydrogen-bond acceptors (Lipinski definition) is 5. The Hall–Kier alpha value is -1.44. The zero-order valence-corrected chi connectivity index (χ0v) is 12.8. The maximum absolute atomic E-state index is 11.8. The number of anilines is 1. The second-order valence-corrected chi connectivity index (χ2v) is 7.12. The number of amides is 1. The number of sulfone groups is 1. The van der Waals surface area contributed by atoms with Gasteiger partial charge in [0.25, 0.3) is 0 Å². The fourth-order valence-electron chi connectivity index (χ4n) is 2.14. The number of piperidine rings is 1. The van der Waals surface area contributed by atoms with E-state index in [2.05, 4.69) is 10.6 Å². The van der Waals surface area contributed by atoms with Crippen molar-refractivity contribution in [2.45, 2.75) is 23.8 Å². The first kappa shape index (κ1) is 15.9. The van der Waals surface area contributed by atoms with Crippen molar-refractivity contribution in [2.75, 3.05) is 31.3 Å². The van der Waals surface area contributed by atoms with Crippen LogP contribution in [0.15, 0.2) is 29.2 Å². The molecule has 0 aliphatic carbocycles. The van der Waals surface area contributed by atoms with Crippen LogP contribution >= 0.6 is 0 Å². The van der Waals surface area contributed by atoms with Crippen LogP contribution < -0.4 is 10.6 Å². The van der Waals surface area contributed by atoms with Crippen LogP contribution in [0.3, 0.4) is 0 Å². The second-order valence-electron chi connectivity index (χ2n) is 5.11. The van der Waals surface area contributed by atoms with Gasteiger partial charge in [0, 0.05) is 11.9 Å². The fourth-order valence-corrected chi connectivity index (χ4v) is 2.77. The largest absolute Gasteiger partial charge is 0.368 e. The van der Waals surface area contributed by atoms with Gasteiger partial charge in [-0.1, -0.05) is 0 Å². The Morgan fingerprint density at radius 2 is 1.90 bits per heavy atom. The summed E-state index contributed by atoms with van der Waals surface area (Å²) in [5, 5.41) is 5.92. The molecule has 0 unspecified atom stereocenters. The number of carbonyl (C=O) groups excluding carboxylic acids is 1. The normalized spacial score (nSPS) is 16.6. The van der Waals surface area contributed by atoms with E-state index < -0.39 is 9.84 Å². The van der Waals surface area contributed by atoms with Gasteiger partial charge in [-0.05, 0) is 50.2 Å². The Labute approximate surface area is 124 Å². The van der Waals surface area contributed by atoms with Crippen LogP contribution in [-0.2, 0) is 19.4 Å². The highest BCUT2D eigenvalue weighted by Crippen LogP contribution is 2.14. The maximum Gasteiger partial charge on any atom is 0.250 e. The van der Waals surface area contributed by atoms with E-state index in [1.807, 2.05) is 0 Å². The molecule has 6 nitrogen and oxygen atoms in total. The molecule has 116 valence electrons. The van der Waals surface area contributed by atoms with Crippen molar-refractivity contribution in [3.63, 3.8) is 0 Å². The van der Waals surface area contributed by atoms with Gasteiger partial charge in [0.15, 0.2) is 9.84 Å². The van der Waals surface area contributed by atoms with E-state index in [4.69, 9.17) is 4.74 Å². The van der Waals surface area contributed by atoms with Gasteiger partial charge in [-0.25, -0.2) is 8.42 Å². The molecular weight excluding hydrogens is 292 g/mol. The molecule has 0 spiro atoms. The van der Waals surface area contributed by atoms with Crippen molar-refractivity contribution < 1.29 is 17.9 Å². The van der Waals surface area contributed by atoms with Crippen LogP contribution in [0.1, 0.15) is 12.8 Å². The average Bonchev–Trinajstić information content (AvgIpc) is 2.46. The number of carbonyl (C=O) groups is 1. The quantitative estimate of drug-likeness (QED) is 0.840. The minimum atomic E-state index is -3.22. The molecule has 2 N–H and O–H groups in total. The molecule has 1 saturated heterocycles. The van der Waals surface area contributed by atoms with Crippen molar-refractivity contribution in [2.24, 2.45) is 0 Å². The van der Waals surface area contributed by atoms with Crippen molar-refractivity contribution >= 4 is 21.4 Å². The third kappa shape index (κ3) is 5.11. The minimum absolute atomic E-state index is 0.0124. The van der Waals surface area contributed by atoms with E-state index in [0.29, 0.717) is 5.69 Å². The molecule has 7 heteroatoms. The molecule has 1 aliphatic rings. The lowest BCUT2D eigenvalue weighted by atomic mass is 10.1. The van der Waals surface area contributed by atoms with Crippen molar-refractivity contribution in [3.05, 3.63) is 24.3 Å². The number of nitrogens with one attached hydrogen (secondary N) is 2. The third-order valence-corrected chi connectivity index (χ3v) is 4.43. The molecule has 1 aliphatic heterocycles. The van der Waals surface area contributed by atoms with Crippen molar-refractivity contribution in [1.29, 1.82) is 0 Å². The molecule has 1 aromatic carbocycles. The Bertz CT molecular complexity index is 577. The van der Waals surface area contributed by atoms with Crippen LogP contribution in [0.4, 0.5) is 5.69 Å². The van der Waals surface area contributed by atoms with Gasteiger partial charge >= 0.3 is 0 Å². The smallest absolute Gasteiger partial charge is 0.250 e. The van der Waals surface area contributed by atoms with E-state index in [1.165, 1.54) is 12.1 Å². The molecule has 0 bridgehead atoms. The van der Waals surface area contributed by atoms with Crippen LogP contribution in [0.2, 0.25) is 0 Å². The summed E-state index contributed by atoms with van der Waals surface area (Å²) >= 11 is 0. The molecule has 1 aromatic rings. The van der Waals surface area contributed by atoms with E-state index in [1.54, 1.807) is 12.1 Å². The van der Waals surface area contributed by atoms with E-state index in [-0.39, 0.29) is 23.5 Å². The van der Waals surface area contributed by atoms with Crippen LogP contribution in [0, 0.1) is 0 Å². The molecule has 0 atom stereocenters. The Balaban J connectivity index is 1.82. The molecular formula is C14H20N2O4S. The number of rotatable bonds is 5. The summed E-state index contributed by atoms with van der Waals surface area (Å²) in [7, 11) is -3.22. The summed E-state index contributed by atoms with van der Waals surface area (Å²) in [6.45, 7) is 1.84. The third-order valence-electron chi connectivity index (χ3n) is 3.30. The molecule has 2 rings (SSSR count). The molecule has 1 heterocycles. The maximum atomic E-state index is 11.8. The monoisotopic (exact) mass is 312 g/mol. The van der Waals surface area contributed by atoms with Gasteiger partial charge in [-0.2, -0.15) is 0 Å². The molecule has 0 saturated carbocycles. The predicted molar refractivity (Wildman–Crippen MR) is 80.0 cm³/mol. The summed E-state index contributed by atoms with van der Waals surface area (Å²) in [6.07, 6.45) is 3.10. The lowest BCUT2D eigenvalue weighted by Crippen LogP contribution is -2.34. The van der Waals surface area contributed by atoms with Gasteiger partial charge in [0.2, 0.25) is 5.91 Å². The Morgan fingerprint density at radius 3 is 2.48 bits per heavy atom. The molecule has 1 fully saturated rings. The second kappa shape index (κ2) is 7.02. The highest BCUT2D eigenvalue weighted by Gasteiger charge is 2.15.